The van der Waals surface area contributed by atoms with Crippen molar-refractivity contribution in [3.63, 3.8) is 0 Å². The molecular formula is C23H30N6O5. The fourth-order valence-corrected chi connectivity index (χ4v) is 4.29. The van der Waals surface area contributed by atoms with Crippen LogP contribution in [0.15, 0.2) is 24.3 Å². The fourth-order valence-electron chi connectivity index (χ4n) is 4.29. The number of anilines is 3. The minimum atomic E-state index is -1.27. The first-order chi connectivity index (χ1) is 16.2. The number of carboxylic acid groups (broad SMARTS) is 2. The Hall–Kier alpha value is -3.89. The average molecular weight is 471 g/mol. The Balaban J connectivity index is 1.61. The highest BCUT2D eigenvalue weighted by Crippen LogP contribution is 2.39. The fraction of sp³-hybridized carbons (Fsp3) is 0.435. The molecule has 11 nitrogen and oxygen atoms in total. The smallest absolute Gasteiger partial charge is 0.326 e. The van der Waals surface area contributed by atoms with Gasteiger partial charge in [0.15, 0.2) is 0 Å². The second kappa shape index (κ2) is 10.8. The van der Waals surface area contributed by atoms with E-state index < -0.39 is 23.9 Å². The largest absolute Gasteiger partial charge is 0.481 e. The Morgan fingerprint density at radius 1 is 1.15 bits per heavy atom. The van der Waals surface area contributed by atoms with Crippen LogP contribution in [0.5, 0.6) is 0 Å². The van der Waals surface area contributed by atoms with Crippen molar-refractivity contribution in [2.45, 2.75) is 56.9 Å². The molecule has 3 atom stereocenters. The Morgan fingerprint density at radius 2 is 1.85 bits per heavy atom. The zero-order chi connectivity index (χ0) is 24.8. The zero-order valence-corrected chi connectivity index (χ0v) is 19.0. The van der Waals surface area contributed by atoms with E-state index in [-0.39, 0.29) is 30.6 Å². The Kier molecular flexibility index (Phi) is 7.87. The number of amides is 1. The van der Waals surface area contributed by atoms with Crippen LogP contribution in [-0.4, -0.2) is 50.6 Å². The van der Waals surface area contributed by atoms with Gasteiger partial charge in [-0.1, -0.05) is 19.1 Å². The summed E-state index contributed by atoms with van der Waals surface area (Å²) >= 11 is 0. The number of nitrogens with one attached hydrogen (secondary N) is 2. The third-order valence-corrected chi connectivity index (χ3v) is 6.17. The molecule has 8 N–H and O–H groups in total. The number of nitrogen functional groups attached to an aromatic ring is 2. The molecule has 11 heteroatoms. The molecule has 34 heavy (non-hydrogen) atoms. The summed E-state index contributed by atoms with van der Waals surface area (Å²) in [6, 6.07) is 5.79. The molecule has 3 rings (SSSR count). The Morgan fingerprint density at radius 3 is 2.47 bits per heavy atom. The van der Waals surface area contributed by atoms with E-state index in [9.17, 15) is 19.5 Å². The van der Waals surface area contributed by atoms with Crippen LogP contribution < -0.4 is 22.1 Å². The molecule has 0 fully saturated rings. The first-order valence-corrected chi connectivity index (χ1v) is 11.2. The number of carboxylic acids is 2. The Labute approximate surface area is 197 Å². The van der Waals surface area contributed by atoms with Crippen molar-refractivity contribution >= 4 is 35.4 Å². The third kappa shape index (κ3) is 5.91. The van der Waals surface area contributed by atoms with Crippen molar-refractivity contribution < 1.29 is 24.6 Å². The number of aromatic nitrogens is 2. The van der Waals surface area contributed by atoms with Crippen LogP contribution >= 0.6 is 0 Å². The topological polar surface area (TPSA) is 194 Å². The number of hydrogen-bond acceptors (Lipinski definition) is 8. The van der Waals surface area contributed by atoms with Gasteiger partial charge in [0.05, 0.1) is 0 Å². The molecule has 182 valence electrons. The standard InChI is InChI=1S/C23H30N6O5/c1-2-12(3-8-15-11-26-20-18(15)19(24)28-23(25)29-20)13-4-6-14(7-5-13)21(32)27-16(22(33)34)9-10-17(30)31/h4-7,12,15-16H,2-3,8-11H2,1H3,(H,27,32)(H,30,31)(H,33,34)(H5,24,25,26,28,29)/t12?,15?,16-/m0/s1. The molecule has 1 aliphatic heterocycles. The summed E-state index contributed by atoms with van der Waals surface area (Å²) in [5.41, 5.74) is 14.0. The van der Waals surface area contributed by atoms with Gasteiger partial charge in [-0.25, -0.2) is 4.79 Å². The number of fused-ring (bicyclic) bond motifs is 1. The van der Waals surface area contributed by atoms with Gasteiger partial charge in [0.2, 0.25) is 5.95 Å². The average Bonchev–Trinajstić information content (AvgIpc) is 3.20. The van der Waals surface area contributed by atoms with Crippen LogP contribution in [0.4, 0.5) is 17.6 Å². The van der Waals surface area contributed by atoms with Crippen molar-refractivity contribution in [2.24, 2.45) is 0 Å². The van der Waals surface area contributed by atoms with Crippen molar-refractivity contribution in [3.05, 3.63) is 41.0 Å². The summed E-state index contributed by atoms with van der Waals surface area (Å²) in [5, 5.41) is 23.6. The van der Waals surface area contributed by atoms with Crippen molar-refractivity contribution in [2.75, 3.05) is 23.3 Å². The molecule has 0 saturated carbocycles. The maximum atomic E-state index is 12.5. The molecule has 1 aromatic carbocycles. The highest BCUT2D eigenvalue weighted by atomic mass is 16.4. The minimum Gasteiger partial charge on any atom is -0.481 e. The maximum absolute atomic E-state index is 12.5. The van der Waals surface area contributed by atoms with Crippen LogP contribution in [0.2, 0.25) is 0 Å². The number of carbonyl (C=O) groups excluding carboxylic acids is 1. The maximum Gasteiger partial charge on any atom is 0.326 e. The monoisotopic (exact) mass is 470 g/mol. The number of rotatable bonds is 11. The molecule has 1 aliphatic rings. The minimum absolute atomic E-state index is 0.150. The quantitative estimate of drug-likeness (QED) is 0.283. The van der Waals surface area contributed by atoms with Gasteiger partial charge in [-0.15, -0.1) is 0 Å². The van der Waals surface area contributed by atoms with Crippen LogP contribution in [0.25, 0.3) is 0 Å². The van der Waals surface area contributed by atoms with Gasteiger partial charge in [-0.2, -0.15) is 9.97 Å². The molecule has 2 heterocycles. The SMILES string of the molecule is CCC(CCC1CNc2nc(N)nc(N)c21)c1ccc(C(=O)N[C@@H](CCC(=O)O)C(=O)O)cc1. The lowest BCUT2D eigenvalue weighted by atomic mass is 9.87. The summed E-state index contributed by atoms with van der Waals surface area (Å²) in [6.45, 7) is 2.82. The number of nitrogens with two attached hydrogens (primary N) is 2. The van der Waals surface area contributed by atoms with Gasteiger partial charge in [0.25, 0.3) is 5.91 Å². The molecule has 0 bridgehead atoms. The highest BCUT2D eigenvalue weighted by molar-refractivity contribution is 5.96. The second-order valence-electron chi connectivity index (χ2n) is 8.41. The van der Waals surface area contributed by atoms with Gasteiger partial charge in [0.1, 0.15) is 17.7 Å². The van der Waals surface area contributed by atoms with E-state index in [1.165, 1.54) is 0 Å². The van der Waals surface area contributed by atoms with Gasteiger partial charge in [0, 0.05) is 30.0 Å². The van der Waals surface area contributed by atoms with Gasteiger partial charge < -0.3 is 32.3 Å². The van der Waals surface area contributed by atoms with Crippen molar-refractivity contribution in [1.82, 2.24) is 15.3 Å². The summed E-state index contributed by atoms with van der Waals surface area (Å²) in [6.07, 6.45) is 2.15. The molecule has 2 unspecified atom stereocenters. The summed E-state index contributed by atoms with van der Waals surface area (Å²) in [7, 11) is 0. The van der Waals surface area contributed by atoms with E-state index in [1.54, 1.807) is 12.1 Å². The Bertz CT molecular complexity index is 1060. The lowest BCUT2D eigenvalue weighted by molar-refractivity contribution is -0.140. The predicted molar refractivity (Wildman–Crippen MR) is 127 cm³/mol. The molecular weight excluding hydrogens is 440 g/mol. The molecule has 2 aromatic rings. The number of nitrogens with zero attached hydrogens (tertiary/aromatic N) is 2. The van der Waals surface area contributed by atoms with Crippen LogP contribution in [0, 0.1) is 0 Å². The van der Waals surface area contributed by atoms with E-state index >= 15 is 0 Å². The van der Waals surface area contributed by atoms with Gasteiger partial charge in [-0.05, 0) is 49.3 Å². The summed E-state index contributed by atoms with van der Waals surface area (Å²) in [5.74, 6) is -1.24. The summed E-state index contributed by atoms with van der Waals surface area (Å²) in [4.78, 5) is 42.8. The predicted octanol–water partition coefficient (Wildman–Crippen LogP) is 2.17. The molecule has 1 aromatic heterocycles. The van der Waals surface area contributed by atoms with Crippen LogP contribution in [0.3, 0.4) is 0 Å². The van der Waals surface area contributed by atoms with E-state index in [4.69, 9.17) is 16.6 Å². The van der Waals surface area contributed by atoms with Gasteiger partial charge >= 0.3 is 11.9 Å². The van der Waals surface area contributed by atoms with E-state index in [0.29, 0.717) is 17.2 Å². The lowest BCUT2D eigenvalue weighted by Crippen LogP contribution is -2.41. The number of carbonyl (C=O) groups is 3. The normalized spacial score (nSPS) is 16.2. The van der Waals surface area contributed by atoms with E-state index in [0.717, 1.165) is 36.9 Å². The molecule has 0 radical (unpaired) electrons. The summed E-state index contributed by atoms with van der Waals surface area (Å²) < 4.78 is 0. The van der Waals surface area contributed by atoms with Crippen molar-refractivity contribution in [3.8, 4) is 0 Å². The highest BCUT2D eigenvalue weighted by Gasteiger charge is 2.28. The number of aliphatic carboxylic acids is 2. The zero-order valence-electron chi connectivity index (χ0n) is 19.0. The first-order valence-electron chi connectivity index (χ1n) is 11.2. The second-order valence-corrected chi connectivity index (χ2v) is 8.41. The third-order valence-electron chi connectivity index (χ3n) is 6.17. The number of hydrogen-bond donors (Lipinski definition) is 6. The van der Waals surface area contributed by atoms with Crippen molar-refractivity contribution in [1.29, 1.82) is 0 Å². The number of benzene rings is 1. The first kappa shape index (κ1) is 24.7. The lowest BCUT2D eigenvalue weighted by Gasteiger charge is -2.19. The molecule has 0 saturated heterocycles. The molecule has 0 aliphatic carbocycles. The molecule has 0 spiro atoms. The van der Waals surface area contributed by atoms with E-state index in [2.05, 4.69) is 27.5 Å². The van der Waals surface area contributed by atoms with Gasteiger partial charge in [-0.3, -0.25) is 9.59 Å². The van der Waals surface area contributed by atoms with Crippen LogP contribution in [-0.2, 0) is 9.59 Å². The van der Waals surface area contributed by atoms with E-state index in [1.807, 2.05) is 12.1 Å². The molecule has 1 amide bonds. The van der Waals surface area contributed by atoms with Crippen LogP contribution in [0.1, 0.15) is 72.3 Å².